The van der Waals surface area contributed by atoms with Crippen molar-refractivity contribution in [1.29, 1.82) is 0 Å². The zero-order chi connectivity index (χ0) is 8.81. The maximum atomic E-state index is 5.67. The lowest BCUT2D eigenvalue weighted by Crippen LogP contribution is -2.15. The Hall–Kier alpha value is 0.310. The molecule has 0 spiro atoms. The Kier molecular flexibility index (Phi) is 5.08. The van der Waals surface area contributed by atoms with Crippen molar-refractivity contribution in [3.8, 4) is 0 Å². The fourth-order valence-electron chi connectivity index (χ4n) is 1.65. The van der Waals surface area contributed by atoms with Crippen LogP contribution in [0.2, 0.25) is 0 Å². The van der Waals surface area contributed by atoms with Crippen LogP contribution in [0.4, 0.5) is 0 Å². The molecule has 2 atom stereocenters. The van der Waals surface area contributed by atoms with Crippen LogP contribution in [0.5, 0.6) is 0 Å². The number of unbranched alkanes of at least 4 members (excludes halogenated alkanes) is 1. The van der Waals surface area contributed by atoms with Gasteiger partial charge < -0.3 is 4.74 Å². The maximum Gasteiger partial charge on any atom is 0.106 e. The Labute approximate surface area is 80.3 Å². The van der Waals surface area contributed by atoms with Crippen molar-refractivity contribution in [2.24, 2.45) is 5.92 Å². The summed E-state index contributed by atoms with van der Waals surface area (Å²) in [6.45, 7) is 5.51. The Morgan fingerprint density at radius 3 is 2.83 bits per heavy atom. The third-order valence-electron chi connectivity index (χ3n) is 2.49. The van der Waals surface area contributed by atoms with Crippen molar-refractivity contribution in [2.45, 2.75) is 45.0 Å². The summed E-state index contributed by atoms with van der Waals surface area (Å²) in [7, 11) is 0. The molecule has 1 heterocycles. The first kappa shape index (κ1) is 10.4. The normalized spacial score (nSPS) is 26.0. The predicted molar refractivity (Wildman–Crippen MR) is 55.5 cm³/mol. The highest BCUT2D eigenvalue weighted by Gasteiger charge is 2.24. The minimum atomic E-state index is 0.515. The monoisotopic (exact) mass is 188 g/mol. The molecule has 0 amide bonds. The molecule has 0 unspecified atom stereocenters. The standard InChI is InChI=1S/C10H20OS/c1-3-5-6-9(4-2)10-11-7-8-12-10/h9-10H,3-8H2,1-2H3/t9-,10+/m1/s1. The van der Waals surface area contributed by atoms with Crippen LogP contribution in [-0.4, -0.2) is 17.8 Å². The second-order valence-corrected chi connectivity index (χ2v) is 4.63. The third-order valence-corrected chi connectivity index (χ3v) is 3.74. The van der Waals surface area contributed by atoms with Crippen LogP contribution in [0.1, 0.15) is 39.5 Å². The summed E-state index contributed by atoms with van der Waals surface area (Å²) in [5.41, 5.74) is 0.515. The Morgan fingerprint density at radius 1 is 1.50 bits per heavy atom. The quantitative estimate of drug-likeness (QED) is 0.654. The summed E-state index contributed by atoms with van der Waals surface area (Å²) in [5.74, 6) is 2.00. The van der Waals surface area contributed by atoms with Crippen molar-refractivity contribution in [3.05, 3.63) is 0 Å². The third kappa shape index (κ3) is 2.98. The highest BCUT2D eigenvalue weighted by Crippen LogP contribution is 2.31. The highest BCUT2D eigenvalue weighted by atomic mass is 32.2. The summed E-state index contributed by atoms with van der Waals surface area (Å²) in [4.78, 5) is 0. The van der Waals surface area contributed by atoms with E-state index in [2.05, 4.69) is 13.8 Å². The molecule has 0 aromatic carbocycles. The van der Waals surface area contributed by atoms with Crippen molar-refractivity contribution < 1.29 is 4.74 Å². The molecule has 12 heavy (non-hydrogen) atoms. The molecule has 0 bridgehead atoms. The van der Waals surface area contributed by atoms with Gasteiger partial charge >= 0.3 is 0 Å². The number of rotatable bonds is 5. The summed E-state index contributed by atoms with van der Waals surface area (Å²) in [6, 6.07) is 0. The molecule has 0 saturated carbocycles. The van der Waals surface area contributed by atoms with E-state index in [4.69, 9.17) is 4.74 Å². The molecule has 1 fully saturated rings. The van der Waals surface area contributed by atoms with Gasteiger partial charge in [-0.1, -0.05) is 26.7 Å². The number of hydrogen-bond acceptors (Lipinski definition) is 2. The van der Waals surface area contributed by atoms with Crippen LogP contribution in [0.3, 0.4) is 0 Å². The van der Waals surface area contributed by atoms with Gasteiger partial charge in [-0.05, 0) is 18.8 Å². The van der Waals surface area contributed by atoms with Gasteiger partial charge in [-0.15, -0.1) is 11.8 Å². The first-order valence-electron chi connectivity index (χ1n) is 5.11. The van der Waals surface area contributed by atoms with E-state index < -0.39 is 0 Å². The molecular formula is C10H20OS. The van der Waals surface area contributed by atoms with Crippen LogP contribution in [0.25, 0.3) is 0 Å². The molecule has 1 nitrogen and oxygen atoms in total. The second kappa shape index (κ2) is 5.87. The molecule has 0 aliphatic carbocycles. The molecule has 0 N–H and O–H groups in total. The Morgan fingerprint density at radius 2 is 2.33 bits per heavy atom. The number of thioether (sulfide) groups is 1. The van der Waals surface area contributed by atoms with Gasteiger partial charge in [0.15, 0.2) is 0 Å². The van der Waals surface area contributed by atoms with Crippen LogP contribution in [-0.2, 0) is 4.74 Å². The zero-order valence-electron chi connectivity index (χ0n) is 8.21. The van der Waals surface area contributed by atoms with Gasteiger partial charge in [-0.2, -0.15) is 0 Å². The summed E-state index contributed by atoms with van der Waals surface area (Å²) in [6.07, 6.45) is 5.30. The van der Waals surface area contributed by atoms with Gasteiger partial charge in [0.05, 0.1) is 6.61 Å². The van der Waals surface area contributed by atoms with Gasteiger partial charge in [0, 0.05) is 5.75 Å². The van der Waals surface area contributed by atoms with E-state index in [-0.39, 0.29) is 0 Å². The van der Waals surface area contributed by atoms with Crippen molar-refractivity contribution >= 4 is 11.8 Å². The lowest BCUT2D eigenvalue weighted by molar-refractivity contribution is 0.0936. The van der Waals surface area contributed by atoms with Crippen LogP contribution < -0.4 is 0 Å². The first-order chi connectivity index (χ1) is 5.88. The molecule has 0 aromatic heterocycles. The Balaban J connectivity index is 2.22. The fourth-order valence-corrected chi connectivity index (χ4v) is 2.87. The van der Waals surface area contributed by atoms with Crippen molar-refractivity contribution in [3.63, 3.8) is 0 Å². The number of ether oxygens (including phenoxy) is 1. The van der Waals surface area contributed by atoms with Crippen LogP contribution in [0, 0.1) is 5.92 Å². The van der Waals surface area contributed by atoms with E-state index in [1.54, 1.807) is 0 Å². The average molecular weight is 188 g/mol. The van der Waals surface area contributed by atoms with Gasteiger partial charge in [0.1, 0.15) is 5.44 Å². The van der Waals surface area contributed by atoms with E-state index in [0.29, 0.717) is 5.44 Å². The maximum absolute atomic E-state index is 5.67. The molecule has 2 heteroatoms. The van der Waals surface area contributed by atoms with Crippen LogP contribution in [0.15, 0.2) is 0 Å². The van der Waals surface area contributed by atoms with E-state index in [9.17, 15) is 0 Å². The van der Waals surface area contributed by atoms with Gasteiger partial charge in [-0.25, -0.2) is 0 Å². The predicted octanol–water partition coefficient (Wildman–Crippen LogP) is 3.29. The molecule has 1 saturated heterocycles. The smallest absolute Gasteiger partial charge is 0.106 e. The lowest BCUT2D eigenvalue weighted by atomic mass is 10.0. The topological polar surface area (TPSA) is 9.23 Å². The highest BCUT2D eigenvalue weighted by molar-refractivity contribution is 8.00. The molecular weight excluding hydrogens is 168 g/mol. The molecule has 1 aliphatic heterocycles. The summed E-state index contributed by atoms with van der Waals surface area (Å²) >= 11 is 2.00. The van der Waals surface area contributed by atoms with Crippen LogP contribution >= 0.6 is 11.8 Å². The fraction of sp³-hybridized carbons (Fsp3) is 1.00. The van der Waals surface area contributed by atoms with Gasteiger partial charge in [-0.3, -0.25) is 0 Å². The number of hydrogen-bond donors (Lipinski definition) is 0. The largest absolute Gasteiger partial charge is 0.366 e. The first-order valence-corrected chi connectivity index (χ1v) is 6.16. The van der Waals surface area contributed by atoms with E-state index in [1.807, 2.05) is 11.8 Å². The average Bonchev–Trinajstić information content (AvgIpc) is 2.59. The second-order valence-electron chi connectivity index (χ2n) is 3.42. The van der Waals surface area contributed by atoms with Gasteiger partial charge in [0.2, 0.25) is 0 Å². The Bertz CT molecular complexity index is 110. The summed E-state index contributed by atoms with van der Waals surface area (Å²) < 4.78 is 5.67. The molecule has 72 valence electrons. The lowest BCUT2D eigenvalue weighted by Gasteiger charge is -2.20. The molecule has 0 radical (unpaired) electrons. The van der Waals surface area contributed by atoms with Gasteiger partial charge in [0.25, 0.3) is 0 Å². The SMILES string of the molecule is CCCC[C@@H](CC)[C@H]1OCCS1. The molecule has 0 aromatic rings. The molecule has 1 rings (SSSR count). The van der Waals surface area contributed by atoms with E-state index in [1.165, 1.54) is 31.4 Å². The molecule has 1 aliphatic rings. The van der Waals surface area contributed by atoms with Crippen molar-refractivity contribution in [2.75, 3.05) is 12.4 Å². The summed E-state index contributed by atoms with van der Waals surface area (Å²) in [5, 5.41) is 0. The van der Waals surface area contributed by atoms with Crippen molar-refractivity contribution in [1.82, 2.24) is 0 Å². The zero-order valence-corrected chi connectivity index (χ0v) is 9.03. The van der Waals surface area contributed by atoms with E-state index >= 15 is 0 Å². The van der Waals surface area contributed by atoms with E-state index in [0.717, 1.165) is 12.5 Å². The minimum Gasteiger partial charge on any atom is -0.366 e. The minimum absolute atomic E-state index is 0.515.